The fourth-order valence-corrected chi connectivity index (χ4v) is 3.26. The van der Waals surface area contributed by atoms with Crippen molar-refractivity contribution in [2.45, 2.75) is 13.5 Å². The second kappa shape index (κ2) is 4.96. The summed E-state index contributed by atoms with van der Waals surface area (Å²) in [7, 11) is 1.76. The Morgan fingerprint density at radius 3 is 2.67 bits per heavy atom. The highest BCUT2D eigenvalue weighted by Crippen LogP contribution is 2.37. The first-order chi connectivity index (χ1) is 9.91. The summed E-state index contributed by atoms with van der Waals surface area (Å²) in [5, 5.41) is 4.74. The number of hydrogen-bond acceptors (Lipinski definition) is 3. The quantitative estimate of drug-likeness (QED) is 0.766. The number of amides is 1. The number of fused-ring (bicyclic) bond motifs is 1. The highest BCUT2D eigenvalue weighted by molar-refractivity contribution is 9.10. The second-order valence-electron chi connectivity index (χ2n) is 4.83. The molecule has 1 aliphatic heterocycles. The summed E-state index contributed by atoms with van der Waals surface area (Å²) >= 11 is 9.62. The monoisotopic (exact) mass is 367 g/mol. The van der Waals surface area contributed by atoms with E-state index in [9.17, 15) is 9.59 Å². The summed E-state index contributed by atoms with van der Waals surface area (Å²) in [6.07, 6.45) is 0. The number of anilines is 1. The Kier molecular flexibility index (Phi) is 3.37. The molecule has 1 aliphatic rings. The Balaban J connectivity index is 2.08. The predicted octanol–water partition coefficient (Wildman–Crippen LogP) is 2.87. The van der Waals surface area contributed by atoms with Gasteiger partial charge in [0.1, 0.15) is 0 Å². The topological polar surface area (TPSA) is 55.2 Å². The zero-order chi connectivity index (χ0) is 15.3. The molecule has 0 N–H and O–H groups in total. The fourth-order valence-electron chi connectivity index (χ4n) is 2.46. The maximum Gasteiger partial charge on any atom is 0.299 e. The molecular weight excluding hydrogens is 358 g/mol. The number of hydrogen-bond donors (Lipinski definition) is 0. The molecule has 0 fully saturated rings. The summed E-state index contributed by atoms with van der Waals surface area (Å²) in [5.41, 5.74) is 2.38. The molecule has 1 amide bonds. The third kappa shape index (κ3) is 2.10. The Bertz CT molecular complexity index is 785. The van der Waals surface area contributed by atoms with Crippen LogP contribution in [0.2, 0.25) is 5.02 Å². The number of rotatable bonds is 2. The lowest BCUT2D eigenvalue weighted by Crippen LogP contribution is -2.30. The highest BCUT2D eigenvalue weighted by Gasteiger charge is 2.38. The molecule has 0 saturated carbocycles. The predicted molar refractivity (Wildman–Crippen MR) is 82.6 cm³/mol. The van der Waals surface area contributed by atoms with Gasteiger partial charge in [-0.1, -0.05) is 17.7 Å². The molecule has 0 saturated heterocycles. The second-order valence-corrected chi connectivity index (χ2v) is 6.06. The van der Waals surface area contributed by atoms with Gasteiger partial charge in [0.05, 0.1) is 34.2 Å². The van der Waals surface area contributed by atoms with Gasteiger partial charge in [-0.25, -0.2) is 0 Å². The molecule has 7 heteroatoms. The fraction of sp³-hybridized carbons (Fsp3) is 0.214. The summed E-state index contributed by atoms with van der Waals surface area (Å²) in [5.74, 6) is -1.05. The maximum atomic E-state index is 12.2. The van der Waals surface area contributed by atoms with Gasteiger partial charge in [-0.15, -0.1) is 0 Å². The van der Waals surface area contributed by atoms with E-state index >= 15 is 0 Å². The molecule has 3 rings (SSSR count). The van der Waals surface area contributed by atoms with Crippen LogP contribution in [0.1, 0.15) is 21.7 Å². The molecule has 0 atom stereocenters. The molecule has 1 aromatic carbocycles. The summed E-state index contributed by atoms with van der Waals surface area (Å²) in [4.78, 5) is 25.7. The van der Waals surface area contributed by atoms with Crippen molar-refractivity contribution >= 4 is 44.9 Å². The van der Waals surface area contributed by atoms with E-state index in [4.69, 9.17) is 11.6 Å². The van der Waals surface area contributed by atoms with Crippen molar-refractivity contribution in [1.29, 1.82) is 0 Å². The number of aromatic nitrogens is 2. The number of aryl methyl sites for hydroxylation is 2. The third-order valence-electron chi connectivity index (χ3n) is 3.51. The normalized spacial score (nSPS) is 14.0. The Morgan fingerprint density at radius 1 is 1.33 bits per heavy atom. The first-order valence-electron chi connectivity index (χ1n) is 6.24. The van der Waals surface area contributed by atoms with Gasteiger partial charge < -0.3 is 0 Å². The van der Waals surface area contributed by atoms with Crippen LogP contribution in [0, 0.1) is 6.92 Å². The van der Waals surface area contributed by atoms with Crippen molar-refractivity contribution in [1.82, 2.24) is 9.78 Å². The van der Waals surface area contributed by atoms with Crippen LogP contribution in [0.25, 0.3) is 0 Å². The lowest BCUT2D eigenvalue weighted by molar-refractivity contribution is -0.114. The number of halogens is 2. The number of nitrogens with zero attached hydrogens (tertiary/aromatic N) is 3. The standard InChI is InChI=1S/C14H11BrClN3O2/c1-7-11(16)10(18(2)17-7)6-19-12-8(13(20)14(19)21)4-3-5-9(12)15/h3-5H,6H2,1-2H3. The number of Topliss-reactive ketones (excluding diaryl/α,β-unsaturated/α-hetero) is 1. The van der Waals surface area contributed by atoms with Crippen LogP contribution in [0.15, 0.2) is 22.7 Å². The van der Waals surface area contributed by atoms with E-state index in [2.05, 4.69) is 21.0 Å². The summed E-state index contributed by atoms with van der Waals surface area (Å²) < 4.78 is 2.33. The van der Waals surface area contributed by atoms with Crippen molar-refractivity contribution in [2.75, 3.05) is 4.90 Å². The van der Waals surface area contributed by atoms with E-state index in [1.807, 2.05) is 0 Å². The molecule has 5 nitrogen and oxygen atoms in total. The largest absolute Gasteiger partial charge is 0.299 e. The average Bonchev–Trinajstić information content (AvgIpc) is 2.83. The summed E-state index contributed by atoms with van der Waals surface area (Å²) in [6, 6.07) is 5.18. The van der Waals surface area contributed by atoms with Crippen molar-refractivity contribution in [2.24, 2.45) is 7.05 Å². The number of carbonyl (C=O) groups excluding carboxylic acids is 2. The number of carbonyl (C=O) groups is 2. The van der Waals surface area contributed by atoms with Crippen molar-refractivity contribution in [3.8, 4) is 0 Å². The highest BCUT2D eigenvalue weighted by atomic mass is 79.9. The van der Waals surface area contributed by atoms with Crippen LogP contribution in [-0.2, 0) is 18.4 Å². The van der Waals surface area contributed by atoms with E-state index in [1.54, 1.807) is 36.9 Å². The molecule has 0 aliphatic carbocycles. The molecule has 2 heterocycles. The Hall–Kier alpha value is -1.66. The molecule has 0 radical (unpaired) electrons. The molecular formula is C14H11BrClN3O2. The lowest BCUT2D eigenvalue weighted by atomic mass is 10.1. The minimum absolute atomic E-state index is 0.205. The van der Waals surface area contributed by atoms with Crippen LogP contribution in [-0.4, -0.2) is 21.5 Å². The van der Waals surface area contributed by atoms with Crippen LogP contribution in [0.4, 0.5) is 5.69 Å². The van der Waals surface area contributed by atoms with Gasteiger partial charge >= 0.3 is 0 Å². The summed E-state index contributed by atoms with van der Waals surface area (Å²) in [6.45, 7) is 2.00. The van der Waals surface area contributed by atoms with Crippen molar-refractivity contribution < 1.29 is 9.59 Å². The van der Waals surface area contributed by atoms with Crippen LogP contribution in [0.3, 0.4) is 0 Å². The molecule has 0 bridgehead atoms. The SMILES string of the molecule is Cc1nn(C)c(CN2C(=O)C(=O)c3cccc(Br)c32)c1Cl. The zero-order valence-electron chi connectivity index (χ0n) is 11.4. The minimum Gasteiger partial charge on any atom is -0.298 e. The zero-order valence-corrected chi connectivity index (χ0v) is 13.7. The molecule has 108 valence electrons. The van der Waals surface area contributed by atoms with Crippen LogP contribution < -0.4 is 4.90 Å². The van der Waals surface area contributed by atoms with E-state index in [0.29, 0.717) is 32.1 Å². The minimum atomic E-state index is -0.549. The molecule has 1 aromatic heterocycles. The van der Waals surface area contributed by atoms with Gasteiger partial charge in [-0.2, -0.15) is 5.10 Å². The van der Waals surface area contributed by atoms with Crippen LogP contribution in [0.5, 0.6) is 0 Å². The average molecular weight is 369 g/mol. The van der Waals surface area contributed by atoms with E-state index in [0.717, 1.165) is 0 Å². The molecule has 2 aromatic rings. The first kappa shape index (κ1) is 14.3. The molecule has 0 spiro atoms. The Morgan fingerprint density at radius 2 is 2.05 bits per heavy atom. The van der Waals surface area contributed by atoms with Crippen molar-refractivity contribution in [3.05, 3.63) is 44.6 Å². The number of benzene rings is 1. The van der Waals surface area contributed by atoms with Gasteiger partial charge in [0.15, 0.2) is 0 Å². The Labute approximate surface area is 134 Å². The molecule has 21 heavy (non-hydrogen) atoms. The van der Waals surface area contributed by atoms with Gasteiger partial charge in [0, 0.05) is 11.5 Å². The number of ketones is 1. The maximum absolute atomic E-state index is 12.2. The van der Waals surface area contributed by atoms with Gasteiger partial charge in [-0.05, 0) is 35.0 Å². The first-order valence-corrected chi connectivity index (χ1v) is 7.41. The van der Waals surface area contributed by atoms with E-state index < -0.39 is 11.7 Å². The van der Waals surface area contributed by atoms with E-state index in [-0.39, 0.29) is 6.54 Å². The van der Waals surface area contributed by atoms with Gasteiger partial charge in [-0.3, -0.25) is 19.2 Å². The van der Waals surface area contributed by atoms with Gasteiger partial charge in [0.2, 0.25) is 0 Å². The third-order valence-corrected chi connectivity index (χ3v) is 4.64. The smallest absolute Gasteiger partial charge is 0.298 e. The van der Waals surface area contributed by atoms with Crippen LogP contribution >= 0.6 is 27.5 Å². The van der Waals surface area contributed by atoms with Crippen molar-refractivity contribution in [3.63, 3.8) is 0 Å². The molecule has 0 unspecified atom stereocenters. The number of para-hydroxylation sites is 1. The van der Waals surface area contributed by atoms with E-state index in [1.165, 1.54) is 4.90 Å². The van der Waals surface area contributed by atoms with Gasteiger partial charge in [0.25, 0.3) is 11.7 Å². The lowest BCUT2D eigenvalue weighted by Gasteiger charge is -2.18.